The van der Waals surface area contributed by atoms with Crippen molar-refractivity contribution in [3.63, 3.8) is 0 Å². The number of aliphatic hydroxyl groups excluding tert-OH is 1. The fourth-order valence-corrected chi connectivity index (χ4v) is 11.8. The molecule has 24 heteroatoms. The van der Waals surface area contributed by atoms with Crippen molar-refractivity contribution in [2.24, 2.45) is 18.5 Å². The highest BCUT2D eigenvalue weighted by atomic mass is 35.5. The van der Waals surface area contributed by atoms with Crippen molar-refractivity contribution in [2.45, 2.75) is 186 Å². The molecular weight excluding hydrogens is 1060 g/mol. The number of guanidine groups is 1. The Morgan fingerprint density at radius 3 is 1.71 bits per heavy atom. The summed E-state index contributed by atoms with van der Waals surface area (Å²) in [6, 6.07) is 7.91. The third-order valence-electron chi connectivity index (χ3n) is 13.8. The number of benzene rings is 1. The average molecular weight is 1160 g/mol. The maximum Gasteiger partial charge on any atom is 0.410 e. The molecule has 442 valence electrons. The van der Waals surface area contributed by atoms with Crippen LogP contribution < -0.4 is 16.2 Å². The third-order valence-corrected chi connectivity index (χ3v) is 16.3. The van der Waals surface area contributed by atoms with Gasteiger partial charge in [0.25, 0.3) is 10.2 Å². The molecule has 0 spiro atoms. The van der Waals surface area contributed by atoms with E-state index in [4.69, 9.17) is 66.0 Å². The second kappa shape index (κ2) is 29.7. The summed E-state index contributed by atoms with van der Waals surface area (Å²) in [6.45, 7) is 28.8. The first-order valence-corrected chi connectivity index (χ1v) is 29.6. The number of aryl methyl sites for hydroxylation is 1. The van der Waals surface area contributed by atoms with Crippen LogP contribution in [0.1, 0.15) is 152 Å². The van der Waals surface area contributed by atoms with Gasteiger partial charge in [-0.2, -0.15) is 17.8 Å². The predicted molar refractivity (Wildman–Crippen MR) is 308 cm³/mol. The molecule has 5 fully saturated rings. The maximum absolute atomic E-state index is 12.8. The number of halogens is 2. The fraction of sp³-hybridized carbons (Fsp3) is 0.741. The number of hydrogen-bond donors (Lipinski definition) is 5. The highest BCUT2D eigenvalue weighted by Crippen LogP contribution is 2.36. The van der Waals surface area contributed by atoms with Crippen LogP contribution in [0.5, 0.6) is 0 Å². The Hall–Kier alpha value is -4.63. The summed E-state index contributed by atoms with van der Waals surface area (Å²) >= 11 is 12.5. The van der Waals surface area contributed by atoms with Crippen molar-refractivity contribution in [1.82, 2.24) is 38.4 Å². The number of carbonyl (C=O) groups is 3. The minimum absolute atomic E-state index is 0. The SMILES string of the molecule is CC(C)(C)OC(=O)N1CCC[C@@H]1CCN.CC(C)(C)OC(=O)N1CCC[C@@H]1CO.Cn1nc(-c2cccc(Cl)c2Cl)cc1C1CCN(S(=O)(=O)NCC[C@H]2CCCN2C(=N)N)CC1.[C-]#[N+]C[C@H]1CCCN1C(=O)OC(C)(C)C.[HH]. The highest BCUT2D eigenvalue weighted by molar-refractivity contribution is 7.87. The van der Waals surface area contributed by atoms with Gasteiger partial charge in [-0.3, -0.25) is 15.0 Å². The van der Waals surface area contributed by atoms with Gasteiger partial charge in [0.15, 0.2) is 5.96 Å². The zero-order valence-corrected chi connectivity index (χ0v) is 50.2. The summed E-state index contributed by atoms with van der Waals surface area (Å²) in [4.78, 5) is 45.5. The van der Waals surface area contributed by atoms with E-state index in [-0.39, 0.29) is 62.4 Å². The van der Waals surface area contributed by atoms with E-state index >= 15 is 0 Å². The summed E-state index contributed by atoms with van der Waals surface area (Å²) in [7, 11) is -1.65. The first-order chi connectivity index (χ1) is 36.5. The van der Waals surface area contributed by atoms with Crippen LogP contribution in [0.4, 0.5) is 14.4 Å². The molecule has 2 aromatic rings. The Morgan fingerprint density at radius 1 is 0.769 bits per heavy atom. The van der Waals surface area contributed by atoms with Crippen LogP contribution in [0.25, 0.3) is 16.1 Å². The molecule has 1 aromatic heterocycles. The van der Waals surface area contributed by atoms with Gasteiger partial charge in [0.05, 0.1) is 28.4 Å². The second-order valence-corrected chi connectivity index (χ2v) is 26.0. The molecule has 0 unspecified atom stereocenters. The first kappa shape index (κ1) is 65.9. The van der Waals surface area contributed by atoms with E-state index in [1.807, 2.05) is 102 Å². The molecule has 21 nitrogen and oxygen atoms in total. The van der Waals surface area contributed by atoms with Gasteiger partial charge in [-0.1, -0.05) is 35.3 Å². The van der Waals surface area contributed by atoms with Crippen molar-refractivity contribution in [3.05, 3.63) is 51.4 Å². The smallest absolute Gasteiger partial charge is 0.410 e. The number of hydrogen-bond acceptors (Lipinski definition) is 12. The van der Waals surface area contributed by atoms with E-state index in [1.54, 1.807) is 15.9 Å². The van der Waals surface area contributed by atoms with Gasteiger partial charge in [0, 0.05) is 83.5 Å². The van der Waals surface area contributed by atoms with Crippen molar-refractivity contribution in [3.8, 4) is 11.3 Å². The number of nitrogens with zero attached hydrogens (tertiary/aromatic N) is 8. The van der Waals surface area contributed by atoms with E-state index in [1.165, 1.54) is 4.31 Å². The van der Waals surface area contributed by atoms with Gasteiger partial charge < -0.3 is 50.3 Å². The number of nitrogens with two attached hydrogens (primary N) is 2. The van der Waals surface area contributed by atoms with Gasteiger partial charge >= 0.3 is 18.3 Å². The first-order valence-electron chi connectivity index (χ1n) is 27.5. The molecule has 4 atom stereocenters. The van der Waals surface area contributed by atoms with Crippen molar-refractivity contribution >= 4 is 57.7 Å². The van der Waals surface area contributed by atoms with Crippen LogP contribution in [-0.4, -0.2) is 178 Å². The number of ether oxygens (including phenoxy) is 3. The number of carbonyl (C=O) groups excluding carboxylic acids is 3. The topological polar surface area (TPSA) is 260 Å². The van der Waals surface area contributed by atoms with Crippen molar-refractivity contribution < 1.29 is 43.5 Å². The molecule has 0 saturated carbocycles. The Balaban J connectivity index is 0.000000305. The standard InChI is InChI=1S/C22H31Cl2N7O2S.C11H18N2O2.C11H22N2O2.C10H19NO3.H2/c1-29-20(14-19(28-29)17-5-2-6-18(23)21(17)24)15-8-12-30(13-9-15)34(32,33)27-10-7-16-4-3-11-31(16)22(25)26;1-11(2,3)15-10(14)13-7-5-6-9(13)8-12-4;1-11(2,3)15-10(14)13-8-4-5-9(13)6-7-12;1-10(2,3)14-9(13)11-6-4-5-8(11)7-12;/h2,5-6,14-16,27H,3-4,7-13H2,1H3,(H3,25,26);9H,5-8H2,1-3H3;9H,4-8,12H2,1-3H3;8,12H,4-7H2,1-3H3;1H/t16-;2*9-;8-;/m1111./s1. The molecule has 1 aromatic carbocycles. The van der Waals surface area contributed by atoms with Crippen LogP contribution in [0.3, 0.4) is 0 Å². The van der Waals surface area contributed by atoms with Crippen LogP contribution in [0.15, 0.2) is 24.3 Å². The molecule has 0 aliphatic carbocycles. The summed E-state index contributed by atoms with van der Waals surface area (Å²) in [6.07, 6.45) is 9.87. The van der Waals surface area contributed by atoms with E-state index in [2.05, 4.69) is 14.7 Å². The van der Waals surface area contributed by atoms with Gasteiger partial charge in [-0.05, 0) is 158 Å². The van der Waals surface area contributed by atoms with E-state index in [9.17, 15) is 22.8 Å². The predicted octanol–water partition coefficient (Wildman–Crippen LogP) is 8.82. The summed E-state index contributed by atoms with van der Waals surface area (Å²) in [5.74, 6) is 0.265. The summed E-state index contributed by atoms with van der Waals surface area (Å²) in [5, 5.41) is 22.3. The Labute approximate surface area is 475 Å². The molecule has 5 aliphatic rings. The van der Waals surface area contributed by atoms with Crippen LogP contribution in [0.2, 0.25) is 10.0 Å². The minimum atomic E-state index is -3.55. The highest BCUT2D eigenvalue weighted by Gasteiger charge is 2.36. The monoisotopic (exact) mass is 1150 g/mol. The van der Waals surface area contributed by atoms with Gasteiger partial charge in [0.2, 0.25) is 6.54 Å². The van der Waals surface area contributed by atoms with Crippen molar-refractivity contribution in [1.29, 1.82) is 5.41 Å². The normalized spacial score (nSPS) is 21.1. The largest absolute Gasteiger partial charge is 0.444 e. The molecule has 5 saturated heterocycles. The molecule has 5 aliphatic heterocycles. The zero-order valence-electron chi connectivity index (χ0n) is 47.9. The summed E-state index contributed by atoms with van der Waals surface area (Å²) < 4.78 is 47.6. The molecule has 7 rings (SSSR count). The lowest BCUT2D eigenvalue weighted by atomic mass is 9.94. The molecule has 0 bridgehead atoms. The number of aromatic nitrogens is 2. The van der Waals surface area contributed by atoms with Gasteiger partial charge in [-0.15, -0.1) is 0 Å². The number of piperidine rings is 1. The van der Waals surface area contributed by atoms with Crippen LogP contribution in [0, 0.1) is 12.0 Å². The number of aliphatic hydroxyl groups is 1. The Kier molecular flexibility index (Phi) is 25.1. The van der Waals surface area contributed by atoms with Crippen molar-refractivity contribution in [2.75, 3.05) is 65.5 Å². The van der Waals surface area contributed by atoms with Crippen LogP contribution in [-0.2, 0) is 31.5 Å². The Bertz CT molecular complexity index is 2440. The molecule has 7 N–H and O–H groups in total. The van der Waals surface area contributed by atoms with Crippen LogP contribution >= 0.6 is 23.2 Å². The molecular formula is C54H92Cl2N12O9S. The Morgan fingerprint density at radius 2 is 1.23 bits per heavy atom. The lowest BCUT2D eigenvalue weighted by Crippen LogP contribution is -2.46. The lowest BCUT2D eigenvalue weighted by Gasteiger charge is -2.31. The fourth-order valence-electron chi connectivity index (χ4n) is 10.2. The number of amides is 3. The number of rotatable bonds is 11. The lowest BCUT2D eigenvalue weighted by molar-refractivity contribution is 0.0173. The number of likely N-dealkylation sites (tertiary alicyclic amines) is 4. The summed E-state index contributed by atoms with van der Waals surface area (Å²) in [5.41, 5.74) is 12.4. The maximum atomic E-state index is 12.8. The third kappa shape index (κ3) is 20.5. The molecule has 78 heavy (non-hydrogen) atoms. The average Bonchev–Trinajstić information content (AvgIpc) is 4.21. The minimum Gasteiger partial charge on any atom is -0.444 e. The van der Waals surface area contributed by atoms with Gasteiger partial charge in [0.1, 0.15) is 22.8 Å². The molecule has 0 radical (unpaired) electrons. The molecule has 3 amide bonds. The van der Waals surface area contributed by atoms with E-state index in [0.29, 0.717) is 68.6 Å². The van der Waals surface area contributed by atoms with Gasteiger partial charge in [-0.25, -0.2) is 25.7 Å². The zero-order chi connectivity index (χ0) is 58.2. The van der Waals surface area contributed by atoms with E-state index < -0.39 is 27.0 Å². The quantitative estimate of drug-likeness (QED) is 0.0611. The van der Waals surface area contributed by atoms with E-state index in [0.717, 1.165) is 94.4 Å². The number of nitrogens with one attached hydrogen (secondary N) is 2. The second-order valence-electron chi connectivity index (χ2n) is 23.4. The molecule has 6 heterocycles.